The zero-order chi connectivity index (χ0) is 11.7. The highest BCUT2D eigenvalue weighted by atomic mass is 35.5. The third-order valence-electron chi connectivity index (χ3n) is 3.77. The Morgan fingerprint density at radius 1 is 1.44 bits per heavy atom. The highest BCUT2D eigenvalue weighted by molar-refractivity contribution is 6.20. The van der Waals surface area contributed by atoms with Gasteiger partial charge in [-0.25, -0.2) is 0 Å². The average Bonchev–Trinajstić information content (AvgIpc) is 2.47. The van der Waals surface area contributed by atoms with E-state index in [-0.39, 0.29) is 5.38 Å². The van der Waals surface area contributed by atoms with E-state index in [4.69, 9.17) is 11.6 Å². The Hall–Kier alpha value is -0.500. The predicted octanol–water partition coefficient (Wildman–Crippen LogP) is 3.99. The first-order valence-corrected chi connectivity index (χ1v) is 6.75. The number of alkyl halides is 1. The Bertz CT molecular complexity index is 366. The fraction of sp³-hybridized carbons (Fsp3) is 0.769. The molecule has 0 amide bonds. The molecule has 0 aliphatic heterocycles. The molecule has 0 saturated heterocycles. The third-order valence-corrected chi connectivity index (χ3v) is 4.29. The number of halogens is 1. The van der Waals surface area contributed by atoms with Crippen molar-refractivity contribution in [2.24, 2.45) is 5.92 Å². The molecule has 16 heavy (non-hydrogen) atoms. The SMILES string of the molecule is CCC(Cl)c1c(C)nn(CC2CCC2)c1C. The molecular weight excluding hydrogens is 220 g/mol. The summed E-state index contributed by atoms with van der Waals surface area (Å²) in [6, 6.07) is 0. The van der Waals surface area contributed by atoms with Gasteiger partial charge in [0.25, 0.3) is 0 Å². The molecule has 1 aliphatic rings. The van der Waals surface area contributed by atoms with Crippen LogP contribution in [-0.4, -0.2) is 9.78 Å². The van der Waals surface area contributed by atoms with Gasteiger partial charge >= 0.3 is 0 Å². The van der Waals surface area contributed by atoms with E-state index in [1.165, 1.54) is 30.5 Å². The monoisotopic (exact) mass is 240 g/mol. The van der Waals surface area contributed by atoms with Gasteiger partial charge in [0.2, 0.25) is 0 Å². The molecule has 1 aliphatic carbocycles. The van der Waals surface area contributed by atoms with Crippen molar-refractivity contribution >= 4 is 11.6 Å². The van der Waals surface area contributed by atoms with Crippen molar-refractivity contribution in [3.63, 3.8) is 0 Å². The van der Waals surface area contributed by atoms with Gasteiger partial charge < -0.3 is 0 Å². The van der Waals surface area contributed by atoms with Crippen LogP contribution in [0.2, 0.25) is 0 Å². The maximum absolute atomic E-state index is 6.35. The third kappa shape index (κ3) is 2.13. The van der Waals surface area contributed by atoms with Crippen molar-refractivity contribution in [1.29, 1.82) is 0 Å². The summed E-state index contributed by atoms with van der Waals surface area (Å²) in [4.78, 5) is 0. The van der Waals surface area contributed by atoms with Crippen LogP contribution in [0.25, 0.3) is 0 Å². The first kappa shape index (κ1) is 12.0. The second-order valence-electron chi connectivity index (χ2n) is 4.94. The zero-order valence-corrected chi connectivity index (χ0v) is 11.2. The van der Waals surface area contributed by atoms with Gasteiger partial charge in [0.15, 0.2) is 0 Å². The lowest BCUT2D eigenvalue weighted by molar-refractivity contribution is 0.264. The number of rotatable bonds is 4. The Labute approximate surface area is 103 Å². The topological polar surface area (TPSA) is 17.8 Å². The summed E-state index contributed by atoms with van der Waals surface area (Å²) < 4.78 is 2.17. The van der Waals surface area contributed by atoms with Crippen LogP contribution in [0, 0.1) is 19.8 Å². The van der Waals surface area contributed by atoms with Gasteiger partial charge in [-0.3, -0.25) is 4.68 Å². The maximum Gasteiger partial charge on any atom is 0.0643 e. The van der Waals surface area contributed by atoms with Crippen molar-refractivity contribution < 1.29 is 0 Å². The number of hydrogen-bond donors (Lipinski definition) is 0. The van der Waals surface area contributed by atoms with Crippen molar-refractivity contribution in [2.45, 2.75) is 58.4 Å². The summed E-state index contributed by atoms with van der Waals surface area (Å²) in [5.74, 6) is 0.848. The van der Waals surface area contributed by atoms with Crippen LogP contribution in [0.5, 0.6) is 0 Å². The molecule has 0 aromatic carbocycles. The summed E-state index contributed by atoms with van der Waals surface area (Å²) in [6.07, 6.45) is 5.10. The van der Waals surface area contributed by atoms with Crippen molar-refractivity contribution in [2.75, 3.05) is 0 Å². The molecule has 1 fully saturated rings. The molecule has 1 aromatic rings. The normalized spacial score (nSPS) is 18.5. The van der Waals surface area contributed by atoms with Gasteiger partial charge in [0.05, 0.1) is 11.1 Å². The summed E-state index contributed by atoms with van der Waals surface area (Å²) in [6.45, 7) is 7.43. The van der Waals surface area contributed by atoms with E-state index >= 15 is 0 Å². The predicted molar refractivity (Wildman–Crippen MR) is 67.9 cm³/mol. The van der Waals surface area contributed by atoms with E-state index < -0.39 is 0 Å². The van der Waals surface area contributed by atoms with E-state index in [1.807, 2.05) is 0 Å². The van der Waals surface area contributed by atoms with Crippen LogP contribution in [-0.2, 0) is 6.54 Å². The molecule has 1 aromatic heterocycles. The number of nitrogens with zero attached hydrogens (tertiary/aromatic N) is 2. The van der Waals surface area contributed by atoms with Gasteiger partial charge in [-0.2, -0.15) is 5.10 Å². The minimum atomic E-state index is 0.121. The second-order valence-corrected chi connectivity index (χ2v) is 5.47. The molecule has 0 bridgehead atoms. The van der Waals surface area contributed by atoms with Crippen molar-refractivity contribution in [3.8, 4) is 0 Å². The largest absolute Gasteiger partial charge is 0.269 e. The lowest BCUT2D eigenvalue weighted by Crippen LogP contribution is -2.19. The Balaban J connectivity index is 2.19. The number of aryl methyl sites for hydroxylation is 1. The van der Waals surface area contributed by atoms with Crippen LogP contribution in [0.15, 0.2) is 0 Å². The molecule has 0 N–H and O–H groups in total. The molecule has 1 unspecified atom stereocenters. The smallest absolute Gasteiger partial charge is 0.0643 e. The molecule has 1 saturated carbocycles. The van der Waals surface area contributed by atoms with Gasteiger partial charge in [-0.15, -0.1) is 11.6 Å². The van der Waals surface area contributed by atoms with Crippen LogP contribution in [0.1, 0.15) is 54.9 Å². The second kappa shape index (κ2) is 4.79. The summed E-state index contributed by atoms with van der Waals surface area (Å²) in [5.41, 5.74) is 3.63. The molecule has 90 valence electrons. The van der Waals surface area contributed by atoms with Gasteiger partial charge in [-0.05, 0) is 39.0 Å². The number of hydrogen-bond acceptors (Lipinski definition) is 1. The number of aromatic nitrogens is 2. The summed E-state index contributed by atoms with van der Waals surface area (Å²) in [7, 11) is 0. The van der Waals surface area contributed by atoms with Gasteiger partial charge in [-0.1, -0.05) is 13.3 Å². The Morgan fingerprint density at radius 3 is 2.62 bits per heavy atom. The molecule has 2 rings (SSSR count). The zero-order valence-electron chi connectivity index (χ0n) is 10.5. The first-order valence-electron chi connectivity index (χ1n) is 6.31. The van der Waals surface area contributed by atoms with Crippen LogP contribution in [0.4, 0.5) is 0 Å². The fourth-order valence-electron chi connectivity index (χ4n) is 2.47. The van der Waals surface area contributed by atoms with Crippen LogP contribution in [0.3, 0.4) is 0 Å². The van der Waals surface area contributed by atoms with Gasteiger partial charge in [0.1, 0.15) is 0 Å². The minimum Gasteiger partial charge on any atom is -0.269 e. The van der Waals surface area contributed by atoms with E-state index in [1.54, 1.807) is 0 Å². The summed E-state index contributed by atoms with van der Waals surface area (Å²) in [5, 5.41) is 4.75. The van der Waals surface area contributed by atoms with Crippen molar-refractivity contribution in [1.82, 2.24) is 9.78 Å². The minimum absolute atomic E-state index is 0.121. The molecule has 1 atom stereocenters. The summed E-state index contributed by atoms with van der Waals surface area (Å²) >= 11 is 6.35. The molecule has 0 spiro atoms. The van der Waals surface area contributed by atoms with Crippen molar-refractivity contribution in [3.05, 3.63) is 17.0 Å². The van der Waals surface area contributed by atoms with Crippen LogP contribution < -0.4 is 0 Å². The lowest BCUT2D eigenvalue weighted by atomic mass is 9.85. The Kier molecular flexibility index (Phi) is 3.58. The van der Waals surface area contributed by atoms with E-state index in [0.717, 1.165) is 24.6 Å². The first-order chi connectivity index (χ1) is 7.63. The lowest BCUT2D eigenvalue weighted by Gasteiger charge is -2.25. The molecular formula is C13H21ClN2. The fourth-order valence-corrected chi connectivity index (χ4v) is 2.78. The quantitative estimate of drug-likeness (QED) is 0.728. The highest BCUT2D eigenvalue weighted by Crippen LogP contribution is 2.32. The average molecular weight is 241 g/mol. The molecule has 0 radical (unpaired) electrons. The van der Waals surface area contributed by atoms with Gasteiger partial charge in [0, 0.05) is 17.8 Å². The van der Waals surface area contributed by atoms with Crippen LogP contribution >= 0.6 is 11.6 Å². The Morgan fingerprint density at radius 2 is 2.12 bits per heavy atom. The maximum atomic E-state index is 6.35. The van der Waals surface area contributed by atoms with E-state index in [2.05, 4.69) is 30.6 Å². The van der Waals surface area contributed by atoms with E-state index in [9.17, 15) is 0 Å². The molecule has 2 nitrogen and oxygen atoms in total. The molecule has 3 heteroatoms. The highest BCUT2D eigenvalue weighted by Gasteiger charge is 2.22. The van der Waals surface area contributed by atoms with E-state index in [0.29, 0.717) is 0 Å². The standard InChI is InChI=1S/C13H21ClN2/c1-4-12(14)13-9(2)15-16(10(13)3)8-11-6-5-7-11/h11-12H,4-8H2,1-3H3. The molecule has 1 heterocycles.